The summed E-state index contributed by atoms with van der Waals surface area (Å²) in [7, 11) is 0. The number of fused-ring (bicyclic) bond motifs is 3. The van der Waals surface area contributed by atoms with E-state index in [4.69, 9.17) is 10.3 Å². The van der Waals surface area contributed by atoms with Crippen molar-refractivity contribution in [1.82, 2.24) is 4.98 Å². The maximum Gasteiger partial charge on any atom is 0.415 e. The van der Waals surface area contributed by atoms with Gasteiger partial charge in [0.25, 0.3) is 0 Å². The van der Waals surface area contributed by atoms with Crippen LogP contribution in [0, 0.1) is 5.53 Å². The maximum absolute atomic E-state index is 12.1. The molecule has 4 rings (SSSR count). The van der Waals surface area contributed by atoms with E-state index in [-0.39, 0.29) is 18.7 Å². The number of hydrogen-bond acceptors (Lipinski definition) is 7. The SMILES string of the molecule is CC(=Nc1ccc(-c2ccc3c(c2)CC2C(CO)OC(=O)N32)cn1)C(C)N=N. The smallest absolute Gasteiger partial charge is 0.415 e. The summed E-state index contributed by atoms with van der Waals surface area (Å²) in [6, 6.07) is 9.30. The molecule has 0 aliphatic carbocycles. The van der Waals surface area contributed by atoms with Crippen molar-refractivity contribution >= 4 is 23.3 Å². The fourth-order valence-corrected chi connectivity index (χ4v) is 3.60. The first-order valence-corrected chi connectivity index (χ1v) is 9.13. The number of nitrogens with one attached hydrogen (secondary N) is 1. The zero-order valence-electron chi connectivity index (χ0n) is 15.7. The van der Waals surface area contributed by atoms with Crippen molar-refractivity contribution in [2.75, 3.05) is 11.5 Å². The predicted molar refractivity (Wildman–Crippen MR) is 104 cm³/mol. The van der Waals surface area contributed by atoms with Crippen molar-refractivity contribution < 1.29 is 14.6 Å². The number of aliphatic hydroxyl groups excluding tert-OH is 1. The summed E-state index contributed by atoms with van der Waals surface area (Å²) in [6.07, 6.45) is 1.53. The molecule has 3 unspecified atom stereocenters. The molecule has 1 fully saturated rings. The molecule has 0 saturated carbocycles. The minimum atomic E-state index is -0.483. The van der Waals surface area contributed by atoms with Crippen molar-refractivity contribution in [3.05, 3.63) is 42.1 Å². The third-order valence-electron chi connectivity index (χ3n) is 5.33. The number of aromatic nitrogens is 1. The number of pyridine rings is 1. The van der Waals surface area contributed by atoms with Crippen LogP contribution in [-0.2, 0) is 11.2 Å². The lowest BCUT2D eigenvalue weighted by atomic mass is 10.0. The van der Waals surface area contributed by atoms with Crippen molar-refractivity contribution in [3.63, 3.8) is 0 Å². The minimum Gasteiger partial charge on any atom is -0.441 e. The van der Waals surface area contributed by atoms with Gasteiger partial charge in [-0.15, -0.1) is 0 Å². The average Bonchev–Trinajstić information content (AvgIpc) is 3.24. The van der Waals surface area contributed by atoms with Crippen LogP contribution >= 0.6 is 0 Å². The second-order valence-electron chi connectivity index (χ2n) is 7.05. The van der Waals surface area contributed by atoms with Gasteiger partial charge in [0.05, 0.1) is 18.3 Å². The first-order chi connectivity index (χ1) is 13.5. The number of hydrogen-bond donors (Lipinski definition) is 2. The zero-order chi connectivity index (χ0) is 19.8. The molecule has 2 N–H and O–H groups in total. The van der Waals surface area contributed by atoms with Gasteiger partial charge in [-0.25, -0.2) is 20.3 Å². The Bertz CT molecular complexity index is 957. The van der Waals surface area contributed by atoms with Gasteiger partial charge in [-0.2, -0.15) is 5.11 Å². The van der Waals surface area contributed by atoms with Gasteiger partial charge < -0.3 is 9.84 Å². The van der Waals surface area contributed by atoms with Crippen molar-refractivity contribution in [2.24, 2.45) is 10.1 Å². The molecule has 2 aromatic rings. The summed E-state index contributed by atoms with van der Waals surface area (Å²) in [5, 5.41) is 12.9. The van der Waals surface area contributed by atoms with Gasteiger partial charge in [-0.3, -0.25) is 4.90 Å². The Morgan fingerprint density at radius 1 is 1.39 bits per heavy atom. The number of rotatable bonds is 5. The van der Waals surface area contributed by atoms with Gasteiger partial charge in [0.15, 0.2) is 5.82 Å². The Labute approximate surface area is 162 Å². The lowest BCUT2D eigenvalue weighted by molar-refractivity contribution is 0.0830. The Hall–Kier alpha value is -3.13. The number of carbonyl (C=O) groups is 1. The molecule has 1 amide bonds. The second kappa shape index (κ2) is 7.12. The van der Waals surface area contributed by atoms with Gasteiger partial charge >= 0.3 is 6.09 Å². The number of ether oxygens (including phenoxy) is 1. The number of cyclic esters (lactones) is 1. The Balaban J connectivity index is 1.58. The Morgan fingerprint density at radius 2 is 2.18 bits per heavy atom. The largest absolute Gasteiger partial charge is 0.441 e. The fourth-order valence-electron chi connectivity index (χ4n) is 3.60. The number of carbonyl (C=O) groups excluding carboxylic acids is 1. The fraction of sp³-hybridized carbons (Fsp3) is 0.350. The van der Waals surface area contributed by atoms with E-state index in [1.165, 1.54) is 0 Å². The molecule has 2 aliphatic rings. The van der Waals surface area contributed by atoms with E-state index in [1.807, 2.05) is 38.1 Å². The van der Waals surface area contributed by atoms with E-state index in [0.29, 0.717) is 12.2 Å². The molecule has 1 saturated heterocycles. The van der Waals surface area contributed by atoms with Gasteiger partial charge in [0.2, 0.25) is 0 Å². The third-order valence-corrected chi connectivity index (χ3v) is 5.33. The molecule has 0 bridgehead atoms. The lowest BCUT2D eigenvalue weighted by Gasteiger charge is -2.14. The van der Waals surface area contributed by atoms with E-state index in [9.17, 15) is 9.90 Å². The van der Waals surface area contributed by atoms with E-state index < -0.39 is 12.2 Å². The molecule has 3 atom stereocenters. The molecule has 1 aromatic carbocycles. The molecule has 2 aliphatic heterocycles. The van der Waals surface area contributed by atoms with E-state index in [0.717, 1.165) is 28.1 Å². The third kappa shape index (κ3) is 3.05. The van der Waals surface area contributed by atoms with Crippen LogP contribution in [0.25, 0.3) is 11.1 Å². The van der Waals surface area contributed by atoms with Crippen molar-refractivity contribution in [1.29, 1.82) is 5.53 Å². The summed E-state index contributed by atoms with van der Waals surface area (Å²) in [6.45, 7) is 3.47. The molecule has 0 radical (unpaired) electrons. The Kier molecular flexibility index (Phi) is 4.64. The average molecular weight is 379 g/mol. The number of anilines is 1. The highest BCUT2D eigenvalue weighted by Crippen LogP contribution is 2.40. The summed E-state index contributed by atoms with van der Waals surface area (Å²) in [4.78, 5) is 22.5. The number of nitrogens with zero attached hydrogens (tertiary/aromatic N) is 4. The van der Waals surface area contributed by atoms with Crippen LogP contribution in [-0.4, -0.2) is 46.7 Å². The number of aliphatic hydroxyl groups is 1. The van der Waals surface area contributed by atoms with Crippen molar-refractivity contribution in [2.45, 2.75) is 38.5 Å². The van der Waals surface area contributed by atoms with Crippen LogP contribution in [0.4, 0.5) is 16.3 Å². The van der Waals surface area contributed by atoms with Crippen LogP contribution in [0.2, 0.25) is 0 Å². The second-order valence-corrected chi connectivity index (χ2v) is 7.05. The molecule has 28 heavy (non-hydrogen) atoms. The topological polar surface area (TPSA) is 111 Å². The number of aliphatic imine (C=N–C) groups is 1. The summed E-state index contributed by atoms with van der Waals surface area (Å²) in [5.41, 5.74) is 11.7. The monoisotopic (exact) mass is 379 g/mol. The van der Waals surface area contributed by atoms with E-state index in [1.54, 1.807) is 11.1 Å². The van der Waals surface area contributed by atoms with Crippen LogP contribution < -0.4 is 4.90 Å². The summed E-state index contributed by atoms with van der Waals surface area (Å²) < 4.78 is 5.22. The molecular formula is C20H21N5O3. The molecule has 1 aromatic heterocycles. The molecule has 3 heterocycles. The zero-order valence-corrected chi connectivity index (χ0v) is 15.7. The molecule has 0 spiro atoms. The molecule has 144 valence electrons. The Morgan fingerprint density at radius 3 is 2.86 bits per heavy atom. The number of benzene rings is 1. The standard InChI is InChI=1S/C20H21N5O3/c1-11(12(2)24-21)23-19-6-4-14(9-22-19)13-3-5-16-15(7-13)8-17-18(10-26)28-20(27)25(16)17/h3-7,9,12,17-18,21,26H,8,10H2,1-2H3. The molecular weight excluding hydrogens is 358 g/mol. The van der Waals surface area contributed by atoms with Gasteiger partial charge in [0.1, 0.15) is 12.1 Å². The van der Waals surface area contributed by atoms with E-state index in [2.05, 4.69) is 21.2 Å². The van der Waals surface area contributed by atoms with Crippen molar-refractivity contribution in [3.8, 4) is 11.1 Å². The first-order valence-electron chi connectivity index (χ1n) is 9.13. The van der Waals surface area contributed by atoms with Crippen LogP contribution in [0.15, 0.2) is 46.6 Å². The quantitative estimate of drug-likeness (QED) is 0.611. The summed E-state index contributed by atoms with van der Waals surface area (Å²) >= 11 is 0. The predicted octanol–water partition coefficient (Wildman–Crippen LogP) is 3.50. The van der Waals surface area contributed by atoms with Gasteiger partial charge in [-0.1, -0.05) is 6.07 Å². The highest BCUT2D eigenvalue weighted by molar-refractivity contribution is 5.94. The van der Waals surface area contributed by atoms with Crippen LogP contribution in [0.3, 0.4) is 0 Å². The first kappa shape index (κ1) is 18.2. The van der Waals surface area contributed by atoms with Crippen LogP contribution in [0.5, 0.6) is 0 Å². The van der Waals surface area contributed by atoms with Gasteiger partial charge in [0, 0.05) is 17.5 Å². The highest BCUT2D eigenvalue weighted by Gasteiger charge is 2.47. The minimum absolute atomic E-state index is 0.148. The van der Waals surface area contributed by atoms with E-state index >= 15 is 0 Å². The normalized spacial score (nSPS) is 21.9. The van der Waals surface area contributed by atoms with Gasteiger partial charge in [-0.05, 0) is 55.7 Å². The van der Waals surface area contributed by atoms with Crippen LogP contribution in [0.1, 0.15) is 19.4 Å². The lowest BCUT2D eigenvalue weighted by Crippen LogP contribution is -2.34. The highest BCUT2D eigenvalue weighted by atomic mass is 16.6. The number of amides is 1. The summed E-state index contributed by atoms with van der Waals surface area (Å²) in [5.74, 6) is 0.576. The maximum atomic E-state index is 12.1. The molecule has 8 nitrogen and oxygen atoms in total. The molecule has 8 heteroatoms.